The van der Waals surface area contributed by atoms with Crippen molar-refractivity contribution in [3.63, 3.8) is 0 Å². The molecule has 1 aliphatic rings. The standard InChI is InChI=1S/C14H18N2O4/c1-20-10-13-3-2-8-15(13)14(17)9-11-4-6-12(7-5-11)16(18)19/h4-7,13H,2-3,8-10H2,1H3/t13-/m0/s1. The second kappa shape index (κ2) is 6.47. The molecule has 0 aliphatic carbocycles. The highest BCUT2D eigenvalue weighted by molar-refractivity contribution is 5.79. The van der Waals surface area contributed by atoms with Crippen molar-refractivity contribution in [2.75, 3.05) is 20.3 Å². The molecular weight excluding hydrogens is 260 g/mol. The van der Waals surface area contributed by atoms with Crippen LogP contribution < -0.4 is 0 Å². The largest absolute Gasteiger partial charge is 0.383 e. The van der Waals surface area contributed by atoms with E-state index < -0.39 is 4.92 Å². The van der Waals surface area contributed by atoms with Crippen LogP contribution in [0.5, 0.6) is 0 Å². The molecule has 0 aromatic heterocycles. The number of carbonyl (C=O) groups is 1. The third-order valence-electron chi connectivity index (χ3n) is 3.56. The van der Waals surface area contributed by atoms with E-state index >= 15 is 0 Å². The number of carbonyl (C=O) groups excluding carboxylic acids is 1. The second-order valence-electron chi connectivity index (χ2n) is 4.94. The predicted molar refractivity (Wildman–Crippen MR) is 73.4 cm³/mol. The van der Waals surface area contributed by atoms with Gasteiger partial charge in [-0.15, -0.1) is 0 Å². The summed E-state index contributed by atoms with van der Waals surface area (Å²) in [5.74, 6) is 0.0541. The monoisotopic (exact) mass is 278 g/mol. The summed E-state index contributed by atoms with van der Waals surface area (Å²) in [6, 6.07) is 6.29. The average Bonchev–Trinajstić information content (AvgIpc) is 2.88. The van der Waals surface area contributed by atoms with Gasteiger partial charge in [-0.05, 0) is 18.4 Å². The fourth-order valence-electron chi connectivity index (χ4n) is 2.54. The Labute approximate surface area is 117 Å². The summed E-state index contributed by atoms with van der Waals surface area (Å²) >= 11 is 0. The van der Waals surface area contributed by atoms with Crippen molar-refractivity contribution >= 4 is 11.6 Å². The summed E-state index contributed by atoms with van der Waals surface area (Å²) in [5.41, 5.74) is 0.836. The number of likely N-dealkylation sites (tertiary alicyclic amines) is 1. The van der Waals surface area contributed by atoms with Gasteiger partial charge in [0.05, 0.1) is 24.0 Å². The van der Waals surface area contributed by atoms with Gasteiger partial charge < -0.3 is 9.64 Å². The van der Waals surface area contributed by atoms with Gasteiger partial charge in [0.1, 0.15) is 0 Å². The van der Waals surface area contributed by atoms with Crippen LogP contribution >= 0.6 is 0 Å². The minimum Gasteiger partial charge on any atom is -0.383 e. The maximum absolute atomic E-state index is 12.3. The minimum atomic E-state index is -0.444. The van der Waals surface area contributed by atoms with Crippen LogP contribution in [-0.4, -0.2) is 42.0 Å². The molecule has 1 amide bonds. The van der Waals surface area contributed by atoms with Crippen LogP contribution in [0.4, 0.5) is 5.69 Å². The zero-order valence-corrected chi connectivity index (χ0v) is 11.4. The number of nitro benzene ring substituents is 1. The number of nitrogens with zero attached hydrogens (tertiary/aromatic N) is 2. The quantitative estimate of drug-likeness (QED) is 0.608. The van der Waals surface area contributed by atoms with Crippen molar-refractivity contribution in [1.29, 1.82) is 0 Å². The Morgan fingerprint density at radius 2 is 2.15 bits per heavy atom. The lowest BCUT2D eigenvalue weighted by atomic mass is 10.1. The van der Waals surface area contributed by atoms with E-state index in [0.717, 1.165) is 24.9 Å². The number of ether oxygens (including phenoxy) is 1. The van der Waals surface area contributed by atoms with Crippen LogP contribution in [0.3, 0.4) is 0 Å². The first-order valence-corrected chi connectivity index (χ1v) is 6.63. The molecule has 6 nitrogen and oxygen atoms in total. The summed E-state index contributed by atoms with van der Waals surface area (Å²) < 4.78 is 5.13. The molecule has 1 atom stereocenters. The molecule has 1 heterocycles. The lowest BCUT2D eigenvalue weighted by molar-refractivity contribution is -0.384. The number of amides is 1. The number of hydrogen-bond donors (Lipinski definition) is 0. The van der Waals surface area contributed by atoms with E-state index in [0.29, 0.717) is 6.61 Å². The SMILES string of the molecule is COC[C@@H]1CCCN1C(=O)Cc1ccc([N+](=O)[O-])cc1. The molecule has 108 valence electrons. The second-order valence-corrected chi connectivity index (χ2v) is 4.94. The maximum Gasteiger partial charge on any atom is 0.269 e. The fraction of sp³-hybridized carbons (Fsp3) is 0.500. The topological polar surface area (TPSA) is 72.7 Å². The Morgan fingerprint density at radius 3 is 2.75 bits per heavy atom. The first-order valence-electron chi connectivity index (χ1n) is 6.63. The molecule has 0 N–H and O–H groups in total. The fourth-order valence-corrected chi connectivity index (χ4v) is 2.54. The predicted octanol–water partition coefficient (Wildman–Crippen LogP) is 1.77. The Morgan fingerprint density at radius 1 is 1.45 bits per heavy atom. The van der Waals surface area contributed by atoms with E-state index in [1.54, 1.807) is 19.2 Å². The first-order chi connectivity index (χ1) is 9.61. The summed E-state index contributed by atoms with van der Waals surface area (Å²) in [4.78, 5) is 24.2. The molecule has 0 spiro atoms. The Kier molecular flexibility index (Phi) is 4.68. The molecule has 0 saturated carbocycles. The molecule has 1 aromatic rings. The summed E-state index contributed by atoms with van der Waals surface area (Å²) in [7, 11) is 1.64. The number of methoxy groups -OCH3 is 1. The lowest BCUT2D eigenvalue weighted by Gasteiger charge is -2.24. The van der Waals surface area contributed by atoms with Crippen molar-refractivity contribution < 1.29 is 14.5 Å². The van der Waals surface area contributed by atoms with Gasteiger partial charge in [-0.3, -0.25) is 14.9 Å². The third-order valence-corrected chi connectivity index (χ3v) is 3.56. The number of rotatable bonds is 5. The molecule has 1 saturated heterocycles. The van der Waals surface area contributed by atoms with Gasteiger partial charge in [0.15, 0.2) is 0 Å². The van der Waals surface area contributed by atoms with Crippen molar-refractivity contribution in [2.24, 2.45) is 0 Å². The summed E-state index contributed by atoms with van der Waals surface area (Å²) in [5, 5.41) is 10.6. The van der Waals surface area contributed by atoms with Crippen LogP contribution in [0.25, 0.3) is 0 Å². The van der Waals surface area contributed by atoms with E-state index in [9.17, 15) is 14.9 Å². The molecule has 0 unspecified atom stereocenters. The smallest absolute Gasteiger partial charge is 0.269 e. The zero-order valence-electron chi connectivity index (χ0n) is 11.4. The number of benzene rings is 1. The number of non-ortho nitro benzene ring substituents is 1. The van der Waals surface area contributed by atoms with E-state index in [1.165, 1.54) is 12.1 Å². The molecule has 0 bridgehead atoms. The maximum atomic E-state index is 12.3. The van der Waals surface area contributed by atoms with E-state index in [1.807, 2.05) is 4.90 Å². The summed E-state index contributed by atoms with van der Waals surface area (Å²) in [6.45, 7) is 1.33. The molecule has 6 heteroatoms. The van der Waals surface area contributed by atoms with Crippen LogP contribution in [0.2, 0.25) is 0 Å². The molecule has 1 aliphatic heterocycles. The van der Waals surface area contributed by atoms with E-state index in [2.05, 4.69) is 0 Å². The Hall–Kier alpha value is -1.95. The van der Waals surface area contributed by atoms with Gasteiger partial charge in [-0.1, -0.05) is 12.1 Å². The highest BCUT2D eigenvalue weighted by Gasteiger charge is 2.28. The van der Waals surface area contributed by atoms with Crippen molar-refractivity contribution in [2.45, 2.75) is 25.3 Å². The number of nitro groups is 1. The lowest BCUT2D eigenvalue weighted by Crippen LogP contribution is -2.38. The highest BCUT2D eigenvalue weighted by atomic mass is 16.6. The average molecular weight is 278 g/mol. The van der Waals surface area contributed by atoms with Crippen LogP contribution in [0.15, 0.2) is 24.3 Å². The van der Waals surface area contributed by atoms with Crippen LogP contribution in [0.1, 0.15) is 18.4 Å². The third kappa shape index (κ3) is 3.33. The van der Waals surface area contributed by atoms with Gasteiger partial charge >= 0.3 is 0 Å². The Bertz CT molecular complexity index is 486. The normalized spacial score (nSPS) is 18.2. The van der Waals surface area contributed by atoms with Gasteiger partial charge in [-0.25, -0.2) is 0 Å². The molecule has 2 rings (SSSR count). The van der Waals surface area contributed by atoms with Crippen LogP contribution in [0, 0.1) is 10.1 Å². The van der Waals surface area contributed by atoms with E-state index in [4.69, 9.17) is 4.74 Å². The number of hydrogen-bond acceptors (Lipinski definition) is 4. The zero-order chi connectivity index (χ0) is 14.5. The molecule has 1 aromatic carbocycles. The van der Waals surface area contributed by atoms with Gasteiger partial charge in [0, 0.05) is 25.8 Å². The Balaban J connectivity index is 1.98. The minimum absolute atomic E-state index is 0.0413. The van der Waals surface area contributed by atoms with Crippen molar-refractivity contribution in [1.82, 2.24) is 4.90 Å². The molecule has 20 heavy (non-hydrogen) atoms. The highest BCUT2D eigenvalue weighted by Crippen LogP contribution is 2.19. The van der Waals surface area contributed by atoms with Crippen LogP contribution in [-0.2, 0) is 16.0 Å². The van der Waals surface area contributed by atoms with Gasteiger partial charge in [0.25, 0.3) is 5.69 Å². The van der Waals surface area contributed by atoms with Crippen molar-refractivity contribution in [3.05, 3.63) is 39.9 Å². The molecule has 1 fully saturated rings. The molecule has 0 radical (unpaired) electrons. The molecular formula is C14H18N2O4. The summed E-state index contributed by atoms with van der Waals surface area (Å²) in [6.07, 6.45) is 2.25. The van der Waals surface area contributed by atoms with Gasteiger partial charge in [0.2, 0.25) is 5.91 Å². The van der Waals surface area contributed by atoms with Gasteiger partial charge in [-0.2, -0.15) is 0 Å². The van der Waals surface area contributed by atoms with Crippen molar-refractivity contribution in [3.8, 4) is 0 Å². The van der Waals surface area contributed by atoms with E-state index in [-0.39, 0.29) is 24.1 Å². The first kappa shape index (κ1) is 14.5.